The number of carbonyl (C=O) groups is 1. The number of nitrogens with two attached hydrogens (primary N) is 1. The molecule has 0 radical (unpaired) electrons. The number of benzene rings is 1. The van der Waals surface area contributed by atoms with E-state index in [0.29, 0.717) is 11.0 Å². The van der Waals surface area contributed by atoms with Gasteiger partial charge in [-0.05, 0) is 86.2 Å². The highest BCUT2D eigenvalue weighted by Gasteiger charge is 2.50. The van der Waals surface area contributed by atoms with Crippen molar-refractivity contribution in [2.75, 3.05) is 0 Å². The van der Waals surface area contributed by atoms with Crippen molar-refractivity contribution in [2.45, 2.75) is 51.4 Å². The van der Waals surface area contributed by atoms with Gasteiger partial charge in [-0.3, -0.25) is 4.79 Å². The quantitative estimate of drug-likeness (QED) is 0.791. The van der Waals surface area contributed by atoms with Crippen LogP contribution in [0.25, 0.3) is 11.3 Å². The number of aromatic amines is 1. The number of hydrogen-bond donors (Lipinski definition) is 2. The Morgan fingerprint density at radius 3 is 2.23 bits per heavy atom. The fourth-order valence-corrected chi connectivity index (χ4v) is 6.67. The minimum absolute atomic E-state index is 0.316. The lowest BCUT2D eigenvalue weighted by Gasteiger charge is -2.57. The number of aromatic nitrogens is 1. The lowest BCUT2D eigenvalue weighted by atomic mass is 9.48. The summed E-state index contributed by atoms with van der Waals surface area (Å²) in [6.07, 6.45) is 10.8. The van der Waals surface area contributed by atoms with E-state index in [-0.39, 0.29) is 5.91 Å². The third-order valence-electron chi connectivity index (χ3n) is 7.32. The summed E-state index contributed by atoms with van der Waals surface area (Å²) in [5, 5.41) is 0. The predicted octanol–water partition coefficient (Wildman–Crippen LogP) is 4.93. The summed E-state index contributed by atoms with van der Waals surface area (Å²) >= 11 is 0. The molecule has 1 aromatic heterocycles. The van der Waals surface area contributed by atoms with E-state index in [1.807, 2.05) is 24.3 Å². The highest BCUT2D eigenvalue weighted by atomic mass is 16.1. The Morgan fingerprint density at radius 1 is 1.04 bits per heavy atom. The van der Waals surface area contributed by atoms with Crippen molar-refractivity contribution in [3.63, 3.8) is 0 Å². The Bertz CT molecular complexity index is 785. The number of carbonyl (C=O) groups excluding carboxylic acids is 1. The maximum atomic E-state index is 12.0. The van der Waals surface area contributed by atoms with Gasteiger partial charge in [0.15, 0.2) is 0 Å². The van der Waals surface area contributed by atoms with Crippen molar-refractivity contribution in [2.24, 2.45) is 28.9 Å². The van der Waals surface area contributed by atoms with Crippen molar-refractivity contribution < 1.29 is 4.79 Å². The third-order valence-corrected chi connectivity index (χ3v) is 7.32. The van der Waals surface area contributed by atoms with Crippen molar-refractivity contribution in [1.29, 1.82) is 0 Å². The van der Waals surface area contributed by atoms with Crippen LogP contribution in [-0.2, 0) is 6.42 Å². The van der Waals surface area contributed by atoms with Gasteiger partial charge in [0, 0.05) is 11.4 Å². The summed E-state index contributed by atoms with van der Waals surface area (Å²) in [6.45, 7) is 0. The van der Waals surface area contributed by atoms with Crippen molar-refractivity contribution >= 4 is 5.91 Å². The van der Waals surface area contributed by atoms with Gasteiger partial charge in [0.25, 0.3) is 5.91 Å². The van der Waals surface area contributed by atoms with E-state index in [1.165, 1.54) is 44.9 Å². The molecule has 1 amide bonds. The number of primary amides is 1. The zero-order chi connectivity index (χ0) is 17.7. The van der Waals surface area contributed by atoms with Gasteiger partial charge in [-0.25, -0.2) is 0 Å². The summed E-state index contributed by atoms with van der Waals surface area (Å²) in [5.41, 5.74) is 10.0. The monoisotopic (exact) mass is 348 g/mol. The fraction of sp³-hybridized carbons (Fsp3) is 0.522. The van der Waals surface area contributed by atoms with Crippen LogP contribution in [0.3, 0.4) is 0 Å². The molecule has 2 aromatic rings. The van der Waals surface area contributed by atoms with Crippen LogP contribution in [0.15, 0.2) is 36.4 Å². The van der Waals surface area contributed by atoms with E-state index in [9.17, 15) is 4.79 Å². The molecule has 0 spiro atoms. The molecule has 1 heterocycles. The molecular formula is C23H28N2O. The number of rotatable bonds is 5. The Morgan fingerprint density at radius 2 is 1.65 bits per heavy atom. The van der Waals surface area contributed by atoms with E-state index in [4.69, 9.17) is 5.73 Å². The van der Waals surface area contributed by atoms with Crippen molar-refractivity contribution in [1.82, 2.24) is 4.98 Å². The van der Waals surface area contributed by atoms with Crippen LogP contribution in [0.2, 0.25) is 0 Å². The average Bonchev–Trinajstić information content (AvgIpc) is 3.04. The van der Waals surface area contributed by atoms with E-state index >= 15 is 0 Å². The maximum absolute atomic E-state index is 12.0. The van der Waals surface area contributed by atoms with E-state index in [0.717, 1.165) is 41.1 Å². The summed E-state index contributed by atoms with van der Waals surface area (Å²) in [6, 6.07) is 12.1. The van der Waals surface area contributed by atoms with Crippen LogP contribution in [0.4, 0.5) is 0 Å². The minimum Gasteiger partial charge on any atom is -0.366 e. The normalized spacial score (nSPS) is 32.1. The molecule has 0 unspecified atom stereocenters. The molecule has 0 atom stereocenters. The highest BCUT2D eigenvalue weighted by Crippen LogP contribution is 2.61. The lowest BCUT2D eigenvalue weighted by Crippen LogP contribution is -2.46. The molecule has 4 aliphatic carbocycles. The van der Waals surface area contributed by atoms with Gasteiger partial charge in [0.2, 0.25) is 0 Å². The van der Waals surface area contributed by atoms with Crippen molar-refractivity contribution in [3.05, 3.63) is 47.7 Å². The molecule has 3 N–H and O–H groups in total. The summed E-state index contributed by atoms with van der Waals surface area (Å²) in [7, 11) is 0. The smallest absolute Gasteiger partial charge is 0.250 e. The predicted molar refractivity (Wildman–Crippen MR) is 104 cm³/mol. The summed E-state index contributed by atoms with van der Waals surface area (Å²) < 4.78 is 0. The third kappa shape index (κ3) is 2.78. The van der Waals surface area contributed by atoms with E-state index in [2.05, 4.69) is 17.1 Å². The van der Waals surface area contributed by atoms with Crippen molar-refractivity contribution in [3.8, 4) is 11.3 Å². The Balaban J connectivity index is 1.39. The molecule has 26 heavy (non-hydrogen) atoms. The number of hydrogen-bond acceptors (Lipinski definition) is 1. The second-order valence-corrected chi connectivity index (χ2v) is 9.22. The molecule has 3 nitrogen and oxygen atoms in total. The molecule has 3 heteroatoms. The van der Waals surface area contributed by atoms with Crippen LogP contribution in [0.1, 0.15) is 61.0 Å². The second kappa shape index (κ2) is 6.00. The molecule has 4 saturated carbocycles. The Labute approximate surface area is 155 Å². The van der Waals surface area contributed by atoms with E-state index < -0.39 is 0 Å². The standard InChI is InChI=1S/C23H28N2O/c24-22(26)19-11-21(18-4-2-1-3-5-18)25-20(19)6-7-23-12-15-8-16(13-23)10-17(9-15)14-23/h1-5,11,15-17,25H,6-10,12-14H2,(H2,24,26). The number of aryl methyl sites for hydroxylation is 1. The molecule has 0 aliphatic heterocycles. The SMILES string of the molecule is NC(=O)c1cc(-c2ccccc2)[nH]c1CCC12CC3CC(CC(C3)C1)C2. The second-order valence-electron chi connectivity index (χ2n) is 9.22. The van der Waals surface area contributed by atoms with Gasteiger partial charge < -0.3 is 10.7 Å². The van der Waals surface area contributed by atoms with Crippen LogP contribution >= 0.6 is 0 Å². The maximum Gasteiger partial charge on any atom is 0.250 e. The first-order valence-corrected chi connectivity index (χ1v) is 10.2. The minimum atomic E-state index is -0.316. The zero-order valence-corrected chi connectivity index (χ0v) is 15.3. The lowest BCUT2D eigenvalue weighted by molar-refractivity contribution is -0.0570. The van der Waals surface area contributed by atoms with Gasteiger partial charge in [-0.15, -0.1) is 0 Å². The van der Waals surface area contributed by atoms with Gasteiger partial charge in [-0.2, -0.15) is 0 Å². The van der Waals surface area contributed by atoms with Crippen LogP contribution in [0, 0.1) is 23.2 Å². The number of nitrogens with one attached hydrogen (secondary N) is 1. The average molecular weight is 348 g/mol. The molecule has 1 aromatic carbocycles. The molecule has 0 saturated heterocycles. The first-order chi connectivity index (χ1) is 12.6. The van der Waals surface area contributed by atoms with E-state index in [1.54, 1.807) is 0 Å². The Hall–Kier alpha value is -2.03. The summed E-state index contributed by atoms with van der Waals surface area (Å²) in [5.74, 6) is 2.60. The number of H-pyrrole nitrogens is 1. The first kappa shape index (κ1) is 16.2. The van der Waals surface area contributed by atoms with Crippen LogP contribution in [-0.4, -0.2) is 10.9 Å². The molecule has 4 bridgehead atoms. The molecular weight excluding hydrogens is 320 g/mol. The largest absolute Gasteiger partial charge is 0.366 e. The van der Waals surface area contributed by atoms with Gasteiger partial charge in [-0.1, -0.05) is 30.3 Å². The molecule has 4 aliphatic rings. The van der Waals surface area contributed by atoms with Gasteiger partial charge >= 0.3 is 0 Å². The molecule has 136 valence electrons. The van der Waals surface area contributed by atoms with Crippen LogP contribution in [0.5, 0.6) is 0 Å². The highest BCUT2D eigenvalue weighted by molar-refractivity contribution is 5.95. The van der Waals surface area contributed by atoms with Gasteiger partial charge in [0.05, 0.1) is 5.56 Å². The molecule has 6 rings (SSSR count). The van der Waals surface area contributed by atoms with Gasteiger partial charge in [0.1, 0.15) is 0 Å². The summed E-state index contributed by atoms with van der Waals surface area (Å²) in [4.78, 5) is 15.5. The zero-order valence-electron chi connectivity index (χ0n) is 15.3. The molecule has 4 fully saturated rings. The Kier molecular flexibility index (Phi) is 3.73. The van der Waals surface area contributed by atoms with Crippen LogP contribution < -0.4 is 5.73 Å². The number of amides is 1. The first-order valence-electron chi connectivity index (χ1n) is 10.2. The topological polar surface area (TPSA) is 58.9 Å². The fourth-order valence-electron chi connectivity index (χ4n) is 6.67.